The molecule has 0 spiro atoms. The number of rotatable bonds is 3. The zero-order valence-electron chi connectivity index (χ0n) is 13.9. The molecule has 1 atom stereocenters. The molecule has 0 aliphatic heterocycles. The van der Waals surface area contributed by atoms with E-state index < -0.39 is 17.7 Å². The lowest BCUT2D eigenvalue weighted by molar-refractivity contribution is 0.0482. The van der Waals surface area contributed by atoms with Crippen LogP contribution in [0, 0.1) is 0 Å². The second kappa shape index (κ2) is 6.48. The smallest absolute Gasteiger partial charge is 0.408 e. The van der Waals surface area contributed by atoms with E-state index in [4.69, 9.17) is 4.74 Å². The topological polar surface area (TPSA) is 58.6 Å². The van der Waals surface area contributed by atoms with Crippen LogP contribution >= 0.6 is 0 Å². The third-order valence-corrected chi connectivity index (χ3v) is 3.05. The van der Waals surface area contributed by atoms with Crippen LogP contribution in [-0.4, -0.2) is 23.4 Å². The van der Waals surface area contributed by atoms with Crippen molar-refractivity contribution in [2.24, 2.45) is 0 Å². The number of alkyl carbamates (subject to hydrolysis) is 1. The molecule has 4 nitrogen and oxygen atoms in total. The molecular weight excluding hydrogens is 266 g/mol. The van der Waals surface area contributed by atoms with Gasteiger partial charge in [-0.15, -0.1) is 0 Å². The maximum Gasteiger partial charge on any atom is 0.408 e. The summed E-state index contributed by atoms with van der Waals surface area (Å²) in [6, 6.07) is 7.44. The molecule has 0 aliphatic carbocycles. The molecule has 0 saturated carbocycles. The van der Waals surface area contributed by atoms with E-state index in [0.29, 0.717) is 0 Å². The standard InChI is InChI=1S/C17H27NO3/c1-16(2,3)13-9-7-12(8-10-13)14(11-19)18-15(20)21-17(4,5)6/h7-10,14,19H,11H2,1-6H3,(H,18,20). The Morgan fingerprint density at radius 1 is 1.14 bits per heavy atom. The van der Waals surface area contributed by atoms with Gasteiger partial charge in [0.25, 0.3) is 0 Å². The van der Waals surface area contributed by atoms with Crippen LogP contribution in [0.15, 0.2) is 24.3 Å². The molecule has 0 bridgehead atoms. The molecular formula is C17H27NO3. The normalized spacial score (nSPS) is 13.7. The average molecular weight is 293 g/mol. The van der Waals surface area contributed by atoms with Crippen molar-refractivity contribution in [1.29, 1.82) is 0 Å². The van der Waals surface area contributed by atoms with Gasteiger partial charge >= 0.3 is 6.09 Å². The van der Waals surface area contributed by atoms with Gasteiger partial charge in [0.1, 0.15) is 5.60 Å². The SMILES string of the molecule is CC(C)(C)OC(=O)NC(CO)c1ccc(C(C)(C)C)cc1. The van der Waals surface area contributed by atoms with Crippen LogP contribution in [0.2, 0.25) is 0 Å². The lowest BCUT2D eigenvalue weighted by atomic mass is 9.86. The molecule has 4 heteroatoms. The molecule has 0 fully saturated rings. The number of benzene rings is 1. The van der Waals surface area contributed by atoms with Crippen LogP contribution in [-0.2, 0) is 10.2 Å². The lowest BCUT2D eigenvalue weighted by Gasteiger charge is -2.24. The van der Waals surface area contributed by atoms with Crippen LogP contribution in [0.3, 0.4) is 0 Å². The third kappa shape index (κ3) is 5.76. The van der Waals surface area contributed by atoms with E-state index in [1.54, 1.807) is 20.8 Å². The molecule has 2 N–H and O–H groups in total. The Hall–Kier alpha value is -1.55. The highest BCUT2D eigenvalue weighted by Crippen LogP contribution is 2.24. The summed E-state index contributed by atoms with van der Waals surface area (Å²) in [5, 5.41) is 12.2. The van der Waals surface area contributed by atoms with Crippen molar-refractivity contribution in [1.82, 2.24) is 5.32 Å². The molecule has 1 unspecified atom stereocenters. The van der Waals surface area contributed by atoms with E-state index in [2.05, 4.69) is 26.1 Å². The Kier molecular flexibility index (Phi) is 5.40. The summed E-state index contributed by atoms with van der Waals surface area (Å²) in [4.78, 5) is 11.8. The first kappa shape index (κ1) is 17.5. The Morgan fingerprint density at radius 3 is 2.05 bits per heavy atom. The summed E-state index contributed by atoms with van der Waals surface area (Å²) in [7, 11) is 0. The van der Waals surface area contributed by atoms with Crippen LogP contribution < -0.4 is 5.32 Å². The van der Waals surface area contributed by atoms with E-state index in [1.807, 2.05) is 24.3 Å². The molecule has 1 amide bonds. The Morgan fingerprint density at radius 2 is 1.67 bits per heavy atom. The maximum atomic E-state index is 11.8. The number of hydrogen-bond donors (Lipinski definition) is 2. The molecule has 118 valence electrons. The summed E-state index contributed by atoms with van der Waals surface area (Å²) in [6.07, 6.45) is -0.526. The van der Waals surface area contributed by atoms with E-state index >= 15 is 0 Å². The third-order valence-electron chi connectivity index (χ3n) is 3.05. The second-order valence-corrected chi connectivity index (χ2v) is 7.25. The largest absolute Gasteiger partial charge is 0.444 e. The van der Waals surface area contributed by atoms with Gasteiger partial charge < -0.3 is 15.2 Å². The monoisotopic (exact) mass is 293 g/mol. The van der Waals surface area contributed by atoms with Crippen LogP contribution in [0.4, 0.5) is 4.79 Å². The molecule has 1 rings (SSSR count). The van der Waals surface area contributed by atoms with Gasteiger partial charge in [-0.2, -0.15) is 0 Å². The highest BCUT2D eigenvalue weighted by Gasteiger charge is 2.20. The molecule has 0 aromatic heterocycles. The van der Waals surface area contributed by atoms with Crippen molar-refractivity contribution in [3.8, 4) is 0 Å². The summed E-state index contributed by atoms with van der Waals surface area (Å²) >= 11 is 0. The van der Waals surface area contributed by atoms with Crippen LogP contribution in [0.5, 0.6) is 0 Å². The molecule has 1 aromatic rings. The maximum absolute atomic E-state index is 11.8. The number of nitrogens with one attached hydrogen (secondary N) is 1. The van der Waals surface area contributed by atoms with E-state index in [1.165, 1.54) is 5.56 Å². The minimum absolute atomic E-state index is 0.0752. The summed E-state index contributed by atoms with van der Waals surface area (Å²) in [5.74, 6) is 0. The first-order valence-corrected chi connectivity index (χ1v) is 7.24. The van der Waals surface area contributed by atoms with Gasteiger partial charge in [0, 0.05) is 0 Å². The van der Waals surface area contributed by atoms with Crippen molar-refractivity contribution in [3.05, 3.63) is 35.4 Å². The molecule has 0 heterocycles. The zero-order valence-corrected chi connectivity index (χ0v) is 13.9. The Labute approximate surface area is 127 Å². The van der Waals surface area contributed by atoms with E-state index in [-0.39, 0.29) is 12.0 Å². The summed E-state index contributed by atoms with van der Waals surface area (Å²) in [5.41, 5.74) is 1.59. The molecule has 0 radical (unpaired) electrons. The zero-order chi connectivity index (χ0) is 16.3. The van der Waals surface area contributed by atoms with Crippen molar-refractivity contribution in [2.45, 2.75) is 58.6 Å². The van der Waals surface area contributed by atoms with Gasteiger partial charge in [-0.1, -0.05) is 45.0 Å². The fourth-order valence-corrected chi connectivity index (χ4v) is 1.90. The van der Waals surface area contributed by atoms with E-state index in [9.17, 15) is 9.90 Å². The fourth-order valence-electron chi connectivity index (χ4n) is 1.90. The molecule has 0 aliphatic rings. The van der Waals surface area contributed by atoms with Crippen LogP contribution in [0.25, 0.3) is 0 Å². The first-order chi connectivity index (χ1) is 9.53. The van der Waals surface area contributed by atoms with Crippen molar-refractivity contribution in [3.63, 3.8) is 0 Å². The fraction of sp³-hybridized carbons (Fsp3) is 0.588. The van der Waals surface area contributed by atoms with Crippen molar-refractivity contribution in [2.75, 3.05) is 6.61 Å². The highest BCUT2D eigenvalue weighted by atomic mass is 16.6. The number of hydrogen-bond acceptors (Lipinski definition) is 3. The van der Waals surface area contributed by atoms with E-state index in [0.717, 1.165) is 5.56 Å². The number of aliphatic hydroxyl groups is 1. The number of amides is 1. The highest BCUT2D eigenvalue weighted by molar-refractivity contribution is 5.68. The predicted molar refractivity (Wildman–Crippen MR) is 84.3 cm³/mol. The predicted octanol–water partition coefficient (Wildman–Crippen LogP) is 3.54. The molecule has 21 heavy (non-hydrogen) atoms. The van der Waals surface area contributed by atoms with Gasteiger partial charge in [0.2, 0.25) is 0 Å². The number of carbonyl (C=O) groups excluding carboxylic acids is 1. The Balaban J connectivity index is 2.79. The second-order valence-electron chi connectivity index (χ2n) is 7.25. The minimum Gasteiger partial charge on any atom is -0.444 e. The van der Waals surface area contributed by atoms with Gasteiger partial charge in [0.05, 0.1) is 12.6 Å². The van der Waals surface area contributed by atoms with Crippen LogP contribution in [0.1, 0.15) is 58.7 Å². The van der Waals surface area contributed by atoms with Gasteiger partial charge in [-0.3, -0.25) is 0 Å². The van der Waals surface area contributed by atoms with Crippen molar-refractivity contribution < 1.29 is 14.6 Å². The van der Waals surface area contributed by atoms with Gasteiger partial charge in [-0.05, 0) is 37.3 Å². The summed E-state index contributed by atoms with van der Waals surface area (Å²) < 4.78 is 5.21. The minimum atomic E-state index is -0.555. The molecule has 1 aromatic carbocycles. The van der Waals surface area contributed by atoms with Crippen molar-refractivity contribution >= 4 is 6.09 Å². The summed E-state index contributed by atoms with van der Waals surface area (Å²) in [6.45, 7) is 11.7. The number of aliphatic hydroxyl groups excluding tert-OH is 1. The van der Waals surface area contributed by atoms with Gasteiger partial charge in [-0.25, -0.2) is 4.79 Å². The Bertz CT molecular complexity index is 466. The quantitative estimate of drug-likeness (QED) is 0.896. The molecule has 0 saturated heterocycles. The number of carbonyl (C=O) groups is 1. The first-order valence-electron chi connectivity index (χ1n) is 7.24. The average Bonchev–Trinajstić information content (AvgIpc) is 2.33. The lowest BCUT2D eigenvalue weighted by Crippen LogP contribution is -2.36. The number of ether oxygens (including phenoxy) is 1. The van der Waals surface area contributed by atoms with Gasteiger partial charge in [0.15, 0.2) is 0 Å².